The zero-order chi connectivity index (χ0) is 47.2. The first kappa shape index (κ1) is 56.1. The van der Waals surface area contributed by atoms with Crippen molar-refractivity contribution in [3.8, 4) is 0 Å². The molecule has 354 valence electrons. The van der Waals surface area contributed by atoms with Crippen LogP contribution in [0.2, 0.25) is 36.3 Å². The second kappa shape index (κ2) is 24.5. The van der Waals surface area contributed by atoms with Crippen LogP contribution in [-0.2, 0) is 56.4 Å². The van der Waals surface area contributed by atoms with E-state index in [4.69, 9.17) is 36.2 Å². The first-order valence-corrected chi connectivity index (χ1v) is 30.1. The predicted octanol–water partition coefficient (Wildman–Crippen LogP) is 10.6. The van der Waals surface area contributed by atoms with Gasteiger partial charge in [0.25, 0.3) is 20.2 Å². The molecule has 0 unspecified atom stereocenters. The highest BCUT2D eigenvalue weighted by Crippen LogP contribution is 2.42. The standard InChI is InChI=1S/C46H78O12S2Si2/c1-17-19-39(53-33-51-11)41(55-59(47,48)37-25-21-35(3)22-26-37)29-31-43(57-61(13,14)45(5,6)7)44(58-62(15,16)46(8,9)10)32-30-42(40(20-18-2)54-34-52-12)56-60(49,50)38-27-23-36(4)24-28-38/h17-28,39-44H,29-34H2,1-16H3/b19-17+,20-18+/t39-,40-,41-,42-,43+,44+/m0/s1. The van der Waals surface area contributed by atoms with Crippen LogP contribution in [0.4, 0.5) is 0 Å². The topological polar surface area (TPSA) is 142 Å². The van der Waals surface area contributed by atoms with Gasteiger partial charge in [0.1, 0.15) is 38.0 Å². The molecule has 0 saturated carbocycles. The molecule has 2 rings (SSSR count). The van der Waals surface area contributed by atoms with Gasteiger partial charge in [0, 0.05) is 14.2 Å². The molecule has 2 aromatic rings. The Bertz CT molecular complexity index is 1760. The van der Waals surface area contributed by atoms with E-state index in [2.05, 4.69) is 67.7 Å². The summed E-state index contributed by atoms with van der Waals surface area (Å²) in [6.07, 6.45) is 3.41. The third-order valence-corrected chi connectivity index (χ3v) is 23.5. The maximum Gasteiger partial charge on any atom is 0.297 e. The lowest BCUT2D eigenvalue weighted by Crippen LogP contribution is -2.52. The number of hydrogen-bond donors (Lipinski definition) is 0. The van der Waals surface area contributed by atoms with Crippen LogP contribution < -0.4 is 0 Å². The summed E-state index contributed by atoms with van der Waals surface area (Å²) in [6, 6.07) is 13.0. The summed E-state index contributed by atoms with van der Waals surface area (Å²) in [6.45, 7) is 28.9. The van der Waals surface area contributed by atoms with E-state index in [1.807, 2.05) is 27.7 Å². The molecule has 0 aromatic heterocycles. The third-order valence-electron chi connectivity index (χ3n) is 11.8. The maximum absolute atomic E-state index is 13.9. The third kappa shape index (κ3) is 17.4. The molecule has 0 aliphatic rings. The number of ether oxygens (including phenoxy) is 4. The van der Waals surface area contributed by atoms with E-state index >= 15 is 0 Å². The number of allylic oxidation sites excluding steroid dienone is 2. The highest BCUT2D eigenvalue weighted by molar-refractivity contribution is 7.87. The Hall–Kier alpha value is -2.07. The van der Waals surface area contributed by atoms with Crippen LogP contribution in [0, 0.1) is 13.8 Å². The zero-order valence-electron chi connectivity index (χ0n) is 40.4. The lowest BCUT2D eigenvalue weighted by atomic mass is 9.97. The minimum atomic E-state index is -4.24. The van der Waals surface area contributed by atoms with Gasteiger partial charge in [-0.2, -0.15) is 16.8 Å². The molecule has 0 aliphatic carbocycles. The summed E-state index contributed by atoms with van der Waals surface area (Å²) in [7, 11) is -10.6. The maximum atomic E-state index is 13.9. The van der Waals surface area contributed by atoms with E-state index in [1.54, 1.807) is 48.6 Å². The Morgan fingerprint density at radius 1 is 0.532 bits per heavy atom. The Morgan fingerprint density at radius 3 is 1.08 bits per heavy atom. The lowest BCUT2D eigenvalue weighted by molar-refractivity contribution is -0.0929. The summed E-state index contributed by atoms with van der Waals surface area (Å²) in [5.41, 5.74) is 1.83. The van der Waals surface area contributed by atoms with Gasteiger partial charge in [0.05, 0.1) is 22.0 Å². The van der Waals surface area contributed by atoms with E-state index in [1.165, 1.54) is 38.5 Å². The first-order valence-electron chi connectivity index (χ1n) is 21.5. The fourth-order valence-electron chi connectivity index (χ4n) is 6.04. The normalized spacial score (nSPS) is 16.7. The van der Waals surface area contributed by atoms with Gasteiger partial charge in [-0.05, 0) is 114 Å². The first-order chi connectivity index (χ1) is 28.6. The second-order valence-electron chi connectivity index (χ2n) is 18.9. The molecule has 0 N–H and O–H groups in total. The van der Waals surface area contributed by atoms with Crippen molar-refractivity contribution < 1.29 is 53.0 Å². The van der Waals surface area contributed by atoms with Crippen molar-refractivity contribution in [1.82, 2.24) is 0 Å². The van der Waals surface area contributed by atoms with E-state index in [0.29, 0.717) is 12.8 Å². The smallest absolute Gasteiger partial charge is 0.297 e. The van der Waals surface area contributed by atoms with Gasteiger partial charge >= 0.3 is 0 Å². The molecule has 62 heavy (non-hydrogen) atoms. The van der Waals surface area contributed by atoms with E-state index < -0.39 is 73.5 Å². The van der Waals surface area contributed by atoms with Gasteiger partial charge in [0.2, 0.25) is 0 Å². The van der Waals surface area contributed by atoms with E-state index in [9.17, 15) is 16.8 Å². The second-order valence-corrected chi connectivity index (χ2v) is 31.6. The molecule has 0 aliphatic heterocycles. The van der Waals surface area contributed by atoms with Crippen LogP contribution in [0.15, 0.2) is 82.6 Å². The van der Waals surface area contributed by atoms with Crippen molar-refractivity contribution in [3.05, 3.63) is 84.0 Å². The van der Waals surface area contributed by atoms with Gasteiger partial charge in [-0.25, -0.2) is 0 Å². The minimum absolute atomic E-state index is 0.0327. The predicted molar refractivity (Wildman–Crippen MR) is 252 cm³/mol. The number of methoxy groups -OCH3 is 2. The van der Waals surface area contributed by atoms with Crippen molar-refractivity contribution in [1.29, 1.82) is 0 Å². The molecule has 0 spiro atoms. The molecule has 0 heterocycles. The SMILES string of the molecule is C/C=C/[C@H](OCOC)[C@H](CC[C@@H](O[Si](C)(C)C(C)(C)C)[C@@H](CC[C@H](OS(=O)(=O)c1ccc(C)cc1)[C@H](/C=C/C)OCOC)O[Si](C)(C)C(C)(C)C)OS(=O)(=O)c1ccc(C)cc1. The molecule has 16 heteroatoms. The van der Waals surface area contributed by atoms with Gasteiger partial charge < -0.3 is 27.8 Å². The molecule has 6 atom stereocenters. The van der Waals surface area contributed by atoms with Gasteiger partial charge in [-0.15, -0.1) is 0 Å². The average molecular weight is 943 g/mol. The van der Waals surface area contributed by atoms with Crippen LogP contribution in [0.3, 0.4) is 0 Å². The minimum Gasteiger partial charge on any atom is -0.411 e. The average Bonchev–Trinajstić information content (AvgIpc) is 3.16. The molecule has 0 saturated heterocycles. The Kier molecular flexibility index (Phi) is 22.1. The molecule has 0 amide bonds. The fraction of sp³-hybridized carbons (Fsp3) is 0.652. The summed E-state index contributed by atoms with van der Waals surface area (Å²) in [5.74, 6) is 0. The van der Waals surface area contributed by atoms with Crippen LogP contribution >= 0.6 is 0 Å². The largest absolute Gasteiger partial charge is 0.411 e. The van der Waals surface area contributed by atoms with E-state index in [-0.39, 0.29) is 46.3 Å². The van der Waals surface area contributed by atoms with Gasteiger partial charge in [-0.1, -0.05) is 101 Å². The monoisotopic (exact) mass is 942 g/mol. The quantitative estimate of drug-likeness (QED) is 0.0364. The van der Waals surface area contributed by atoms with Gasteiger partial charge in [-0.3, -0.25) is 8.37 Å². The van der Waals surface area contributed by atoms with E-state index in [0.717, 1.165) is 11.1 Å². The Balaban J connectivity index is 2.81. The molecule has 0 radical (unpaired) electrons. The molecular formula is C46H78O12S2Si2. The van der Waals surface area contributed by atoms with Crippen LogP contribution in [-0.4, -0.2) is 97.9 Å². The summed E-state index contributed by atoms with van der Waals surface area (Å²) in [5, 5.41) is -0.406. The van der Waals surface area contributed by atoms with Crippen LogP contribution in [0.5, 0.6) is 0 Å². The van der Waals surface area contributed by atoms with Gasteiger partial charge in [0.15, 0.2) is 16.6 Å². The summed E-state index contributed by atoms with van der Waals surface area (Å²) in [4.78, 5) is 0.0653. The zero-order valence-corrected chi connectivity index (χ0v) is 44.0. The van der Waals surface area contributed by atoms with Crippen molar-refractivity contribution >= 4 is 36.9 Å². The lowest BCUT2D eigenvalue weighted by Gasteiger charge is -2.46. The number of hydrogen-bond acceptors (Lipinski definition) is 12. The van der Waals surface area contributed by atoms with Crippen LogP contribution in [0.1, 0.15) is 92.2 Å². The molecule has 0 fully saturated rings. The number of rotatable bonds is 27. The fourth-order valence-corrected chi connectivity index (χ4v) is 11.0. The molecule has 2 aromatic carbocycles. The summed E-state index contributed by atoms with van der Waals surface area (Å²) < 4.78 is 105. The van der Waals surface area contributed by atoms with Crippen molar-refractivity contribution in [2.45, 2.75) is 178 Å². The summed E-state index contributed by atoms with van der Waals surface area (Å²) >= 11 is 0. The Labute approximate surface area is 377 Å². The van der Waals surface area contributed by atoms with Crippen molar-refractivity contribution in [2.24, 2.45) is 0 Å². The number of benzene rings is 2. The molecule has 0 bridgehead atoms. The van der Waals surface area contributed by atoms with Crippen molar-refractivity contribution in [3.63, 3.8) is 0 Å². The number of aryl methyl sites for hydroxylation is 2. The van der Waals surface area contributed by atoms with Crippen molar-refractivity contribution in [2.75, 3.05) is 27.8 Å². The van der Waals surface area contributed by atoms with Crippen LogP contribution in [0.25, 0.3) is 0 Å². The molecular weight excluding hydrogens is 865 g/mol. The highest BCUT2D eigenvalue weighted by atomic mass is 32.2. The Morgan fingerprint density at radius 2 is 0.823 bits per heavy atom. The molecule has 12 nitrogen and oxygen atoms in total. The highest BCUT2D eigenvalue weighted by Gasteiger charge is 2.46.